The van der Waals surface area contributed by atoms with Crippen LogP contribution < -0.4 is 10.6 Å². The molecule has 0 spiro atoms. The molecule has 1 rings (SSSR count). The molecule has 0 aromatic carbocycles. The van der Waals surface area contributed by atoms with Gasteiger partial charge in [0.05, 0.1) is 6.10 Å². The summed E-state index contributed by atoms with van der Waals surface area (Å²) in [6, 6.07) is -1.14. The summed E-state index contributed by atoms with van der Waals surface area (Å²) in [6.07, 6.45) is 4.15. The lowest BCUT2D eigenvalue weighted by Crippen LogP contribution is -2.54. The summed E-state index contributed by atoms with van der Waals surface area (Å²) < 4.78 is 5.39. The molecule has 0 aliphatic heterocycles. The van der Waals surface area contributed by atoms with Crippen molar-refractivity contribution >= 4 is 23.8 Å². The fourth-order valence-corrected chi connectivity index (χ4v) is 2.41. The Balaban J connectivity index is 2.24. The summed E-state index contributed by atoms with van der Waals surface area (Å²) in [6.45, 7) is 2.62. The number of carboxylic acids is 1. The molecule has 1 aliphatic rings. The zero-order chi connectivity index (χ0) is 14.3. The number of ether oxygens (including phenoxy) is 1. The molecule has 19 heavy (non-hydrogen) atoms. The number of carbonyl (C=O) groups excluding carboxylic acids is 1. The number of nitrogens with one attached hydrogen (secondary N) is 2. The Labute approximate surface area is 117 Å². The summed E-state index contributed by atoms with van der Waals surface area (Å²) in [7, 11) is 0. The molecule has 2 amide bonds. The Morgan fingerprint density at radius 1 is 1.47 bits per heavy atom. The quantitative estimate of drug-likeness (QED) is 0.622. The molecular weight excluding hydrogens is 268 g/mol. The lowest BCUT2D eigenvalue weighted by atomic mass is 9.89. The van der Waals surface area contributed by atoms with E-state index in [0.29, 0.717) is 18.8 Å². The van der Waals surface area contributed by atoms with Gasteiger partial charge in [0.2, 0.25) is 0 Å². The molecule has 1 atom stereocenters. The van der Waals surface area contributed by atoms with Gasteiger partial charge < -0.3 is 20.5 Å². The van der Waals surface area contributed by atoms with Crippen molar-refractivity contribution in [3.63, 3.8) is 0 Å². The molecule has 0 heterocycles. The van der Waals surface area contributed by atoms with Crippen LogP contribution in [0.5, 0.6) is 0 Å². The first-order valence-electron chi connectivity index (χ1n) is 6.47. The number of urea groups is 1. The van der Waals surface area contributed by atoms with Crippen molar-refractivity contribution in [1.82, 2.24) is 10.6 Å². The van der Waals surface area contributed by atoms with Crippen LogP contribution in [0.1, 0.15) is 26.2 Å². The maximum Gasteiger partial charge on any atom is 0.326 e. The van der Waals surface area contributed by atoms with Gasteiger partial charge in [-0.05, 0) is 38.2 Å². The number of rotatable bonds is 8. The lowest BCUT2D eigenvalue weighted by Gasteiger charge is -2.35. The van der Waals surface area contributed by atoms with E-state index < -0.39 is 18.0 Å². The maximum absolute atomic E-state index is 11.7. The van der Waals surface area contributed by atoms with E-state index in [2.05, 4.69) is 10.6 Å². The van der Waals surface area contributed by atoms with Crippen molar-refractivity contribution in [2.45, 2.75) is 44.4 Å². The molecule has 1 aliphatic carbocycles. The van der Waals surface area contributed by atoms with Gasteiger partial charge in [-0.2, -0.15) is 11.8 Å². The molecule has 0 saturated heterocycles. The minimum Gasteiger partial charge on any atom is -0.480 e. The van der Waals surface area contributed by atoms with Gasteiger partial charge in [-0.15, -0.1) is 0 Å². The molecule has 6 nitrogen and oxygen atoms in total. The van der Waals surface area contributed by atoms with Crippen LogP contribution in [0.4, 0.5) is 4.79 Å². The summed E-state index contributed by atoms with van der Waals surface area (Å²) in [4.78, 5) is 22.6. The van der Waals surface area contributed by atoms with E-state index >= 15 is 0 Å². The first-order chi connectivity index (χ1) is 9.06. The van der Waals surface area contributed by atoms with Crippen LogP contribution in [0.25, 0.3) is 0 Å². The molecule has 0 bridgehead atoms. The van der Waals surface area contributed by atoms with Crippen LogP contribution >= 0.6 is 11.8 Å². The summed E-state index contributed by atoms with van der Waals surface area (Å²) >= 11 is 1.56. The highest BCUT2D eigenvalue weighted by Gasteiger charge is 2.31. The van der Waals surface area contributed by atoms with Gasteiger partial charge in [0, 0.05) is 12.6 Å². The van der Waals surface area contributed by atoms with Crippen LogP contribution in [0.2, 0.25) is 0 Å². The Morgan fingerprint density at radius 3 is 2.68 bits per heavy atom. The second-order valence-corrected chi connectivity index (χ2v) is 5.52. The van der Waals surface area contributed by atoms with Crippen molar-refractivity contribution in [3.05, 3.63) is 0 Å². The van der Waals surface area contributed by atoms with E-state index in [9.17, 15) is 9.59 Å². The van der Waals surface area contributed by atoms with Gasteiger partial charge in [0.25, 0.3) is 0 Å². The Kier molecular flexibility index (Phi) is 7.01. The molecule has 0 radical (unpaired) electrons. The predicted molar refractivity (Wildman–Crippen MR) is 74.5 cm³/mol. The zero-order valence-corrected chi connectivity index (χ0v) is 12.2. The number of amides is 2. The topological polar surface area (TPSA) is 87.7 Å². The molecule has 110 valence electrons. The van der Waals surface area contributed by atoms with Crippen LogP contribution in [0, 0.1) is 0 Å². The normalized spacial score (nSPS) is 23.3. The van der Waals surface area contributed by atoms with E-state index in [4.69, 9.17) is 9.84 Å². The monoisotopic (exact) mass is 290 g/mol. The third kappa shape index (κ3) is 5.69. The fraction of sp³-hybridized carbons (Fsp3) is 0.833. The molecule has 1 saturated carbocycles. The molecule has 7 heteroatoms. The minimum atomic E-state index is -0.995. The molecule has 1 fully saturated rings. The third-order valence-corrected chi connectivity index (χ3v) is 3.69. The fourth-order valence-electron chi connectivity index (χ4n) is 1.93. The van der Waals surface area contributed by atoms with Crippen LogP contribution in [-0.2, 0) is 9.53 Å². The lowest BCUT2D eigenvalue weighted by molar-refractivity contribution is -0.139. The second kappa shape index (κ2) is 8.27. The first-order valence-corrected chi connectivity index (χ1v) is 7.86. The number of carbonyl (C=O) groups is 2. The average Bonchev–Trinajstić information content (AvgIpc) is 2.31. The predicted octanol–water partition coefficient (Wildman–Crippen LogP) is 1.06. The highest BCUT2D eigenvalue weighted by molar-refractivity contribution is 7.98. The van der Waals surface area contributed by atoms with Crippen molar-refractivity contribution < 1.29 is 19.4 Å². The number of carboxylic acid groups (broad SMARTS) is 1. The SMILES string of the molecule is CCOC1CC(NC(=O)NC(CCSC)C(=O)O)C1. The van der Waals surface area contributed by atoms with E-state index in [-0.39, 0.29) is 12.1 Å². The smallest absolute Gasteiger partial charge is 0.326 e. The van der Waals surface area contributed by atoms with Gasteiger partial charge >= 0.3 is 12.0 Å². The minimum absolute atomic E-state index is 0.0894. The summed E-state index contributed by atoms with van der Waals surface area (Å²) in [5.41, 5.74) is 0. The summed E-state index contributed by atoms with van der Waals surface area (Å²) in [5.74, 6) is -0.294. The van der Waals surface area contributed by atoms with Crippen molar-refractivity contribution in [1.29, 1.82) is 0 Å². The highest BCUT2D eigenvalue weighted by Crippen LogP contribution is 2.22. The molecular formula is C12H22N2O4S. The zero-order valence-electron chi connectivity index (χ0n) is 11.3. The van der Waals surface area contributed by atoms with Crippen molar-refractivity contribution in [2.24, 2.45) is 0 Å². The Bertz CT molecular complexity index is 308. The van der Waals surface area contributed by atoms with Gasteiger partial charge in [-0.1, -0.05) is 0 Å². The maximum atomic E-state index is 11.7. The standard InChI is InChI=1S/C12H22N2O4S/c1-3-18-9-6-8(7-9)13-12(17)14-10(11(15)16)4-5-19-2/h8-10H,3-7H2,1-2H3,(H,15,16)(H2,13,14,17). The van der Waals surface area contributed by atoms with Crippen LogP contribution in [0.15, 0.2) is 0 Å². The number of aliphatic carboxylic acids is 1. The van der Waals surface area contributed by atoms with Gasteiger partial charge in [0.1, 0.15) is 6.04 Å². The van der Waals surface area contributed by atoms with Crippen LogP contribution in [0.3, 0.4) is 0 Å². The van der Waals surface area contributed by atoms with E-state index in [0.717, 1.165) is 12.8 Å². The molecule has 0 aromatic rings. The molecule has 3 N–H and O–H groups in total. The highest BCUT2D eigenvalue weighted by atomic mass is 32.2. The number of hydrogen-bond donors (Lipinski definition) is 3. The van der Waals surface area contributed by atoms with Crippen LogP contribution in [-0.4, -0.2) is 53.9 Å². The van der Waals surface area contributed by atoms with Gasteiger partial charge in [-0.3, -0.25) is 0 Å². The van der Waals surface area contributed by atoms with Crippen molar-refractivity contribution in [2.75, 3.05) is 18.6 Å². The third-order valence-electron chi connectivity index (χ3n) is 3.05. The molecule has 0 aromatic heterocycles. The summed E-state index contributed by atoms with van der Waals surface area (Å²) in [5, 5.41) is 14.3. The van der Waals surface area contributed by atoms with E-state index in [1.165, 1.54) is 0 Å². The first kappa shape index (κ1) is 16.1. The molecule has 1 unspecified atom stereocenters. The van der Waals surface area contributed by atoms with E-state index in [1.54, 1.807) is 11.8 Å². The van der Waals surface area contributed by atoms with E-state index in [1.807, 2.05) is 13.2 Å². The van der Waals surface area contributed by atoms with Gasteiger partial charge in [-0.25, -0.2) is 9.59 Å². The Hall–Kier alpha value is -0.950. The largest absolute Gasteiger partial charge is 0.480 e. The average molecular weight is 290 g/mol. The second-order valence-electron chi connectivity index (χ2n) is 4.54. The number of hydrogen-bond acceptors (Lipinski definition) is 4. The van der Waals surface area contributed by atoms with Gasteiger partial charge in [0.15, 0.2) is 0 Å². The Morgan fingerprint density at radius 2 is 2.16 bits per heavy atom. The van der Waals surface area contributed by atoms with Crippen molar-refractivity contribution in [3.8, 4) is 0 Å². The number of thioether (sulfide) groups is 1.